The number of allylic oxidation sites excluding steroid dienone is 4. The van der Waals surface area contributed by atoms with Crippen molar-refractivity contribution in [3.05, 3.63) is 36.0 Å². The van der Waals surface area contributed by atoms with Gasteiger partial charge in [0.25, 0.3) is 0 Å². The molecule has 3 fully saturated rings. The molecule has 3 heteroatoms. The normalized spacial score (nSPS) is 54.7. The fourth-order valence-electron chi connectivity index (χ4n) is 8.24. The number of hydrogen-bond acceptors (Lipinski definition) is 3. The first-order chi connectivity index (χ1) is 12.7. The summed E-state index contributed by atoms with van der Waals surface area (Å²) in [6, 6.07) is 0. The monoisotopic (exact) mass is 351 g/mol. The minimum Gasteiger partial charge on any atom is -0.411 e. The van der Waals surface area contributed by atoms with Crippen molar-refractivity contribution in [3.63, 3.8) is 0 Å². The number of oxime groups is 1. The van der Waals surface area contributed by atoms with Gasteiger partial charge in [0, 0.05) is 5.41 Å². The van der Waals surface area contributed by atoms with E-state index in [0.717, 1.165) is 48.8 Å². The highest BCUT2D eigenvalue weighted by molar-refractivity contribution is 5.96. The van der Waals surface area contributed by atoms with Gasteiger partial charge in [-0.1, -0.05) is 36.4 Å². The van der Waals surface area contributed by atoms with Gasteiger partial charge in [-0.2, -0.15) is 0 Å². The van der Waals surface area contributed by atoms with Crippen molar-refractivity contribution < 1.29 is 9.94 Å². The molecule has 26 heavy (non-hydrogen) atoms. The Bertz CT molecular complexity index is 764. The van der Waals surface area contributed by atoms with Crippen molar-refractivity contribution in [2.75, 3.05) is 6.61 Å². The van der Waals surface area contributed by atoms with Crippen molar-refractivity contribution in [1.29, 1.82) is 0 Å². The number of fused-ring (bicyclic) bond motifs is 9. The number of hydrogen-bond donors (Lipinski definition) is 1. The molecule has 1 aliphatic heterocycles. The van der Waals surface area contributed by atoms with Gasteiger partial charge in [0.15, 0.2) is 0 Å². The highest BCUT2D eigenvalue weighted by atomic mass is 16.5. The number of nitrogens with zero attached hydrogens (tertiary/aromatic N) is 1. The second-order valence-electron chi connectivity index (χ2n) is 9.57. The van der Waals surface area contributed by atoms with Gasteiger partial charge in [0.05, 0.1) is 17.9 Å². The van der Waals surface area contributed by atoms with Crippen LogP contribution < -0.4 is 0 Å². The third-order valence-corrected chi connectivity index (χ3v) is 9.14. The van der Waals surface area contributed by atoms with E-state index in [-0.39, 0.29) is 5.60 Å². The smallest absolute Gasteiger partial charge is 0.0957 e. The van der Waals surface area contributed by atoms with E-state index >= 15 is 0 Å². The van der Waals surface area contributed by atoms with E-state index in [1.54, 1.807) is 0 Å². The molecule has 0 radical (unpaired) electrons. The van der Waals surface area contributed by atoms with E-state index in [1.165, 1.54) is 31.3 Å². The van der Waals surface area contributed by atoms with Crippen LogP contribution in [0.25, 0.3) is 0 Å². The van der Waals surface area contributed by atoms with Crippen LogP contribution in [0.4, 0.5) is 0 Å². The standard InChI is InChI=1S/C23H29NO2/c1-2-22-10-8-17-16-7-5-15(24-25)12-14(16)4-6-18(17)21(22)19-13-20(19)23(22)9-3-11-26-23/h3-4,6,9,12,16-21,25H,2,5,7-8,10-11,13H2,1H3/t16-,17?,18?,19?,20?,21?,22-,23-/m0/s1. The van der Waals surface area contributed by atoms with Crippen molar-refractivity contribution in [1.82, 2.24) is 0 Å². The molecule has 3 saturated carbocycles. The Morgan fingerprint density at radius 3 is 3.00 bits per heavy atom. The van der Waals surface area contributed by atoms with Crippen molar-refractivity contribution in [2.45, 2.75) is 51.0 Å². The predicted molar refractivity (Wildman–Crippen MR) is 101 cm³/mol. The summed E-state index contributed by atoms with van der Waals surface area (Å²) in [6.45, 7) is 3.23. The second kappa shape index (κ2) is 5.13. The summed E-state index contributed by atoms with van der Waals surface area (Å²) in [5.74, 6) is 4.60. The summed E-state index contributed by atoms with van der Waals surface area (Å²) >= 11 is 0. The summed E-state index contributed by atoms with van der Waals surface area (Å²) in [5, 5.41) is 12.6. The maximum atomic E-state index is 9.16. The SMILES string of the molecule is CC[C@]12CCC3C(C=CC4=CC(=NO)CC[C@@H]43)C1C1CC1[C@@]21C=CCO1. The largest absolute Gasteiger partial charge is 0.411 e. The van der Waals surface area contributed by atoms with Crippen molar-refractivity contribution in [2.24, 2.45) is 46.1 Å². The first-order valence-corrected chi connectivity index (χ1v) is 10.7. The van der Waals surface area contributed by atoms with Gasteiger partial charge < -0.3 is 9.94 Å². The van der Waals surface area contributed by atoms with E-state index in [0.29, 0.717) is 17.3 Å². The lowest BCUT2D eigenvalue weighted by Gasteiger charge is -2.57. The molecule has 0 aromatic heterocycles. The van der Waals surface area contributed by atoms with Crippen LogP contribution in [0.5, 0.6) is 0 Å². The van der Waals surface area contributed by atoms with Gasteiger partial charge in [-0.3, -0.25) is 0 Å². The highest BCUT2D eigenvalue weighted by Crippen LogP contribution is 2.78. The Kier molecular flexibility index (Phi) is 3.09. The van der Waals surface area contributed by atoms with E-state index in [1.807, 2.05) is 0 Å². The number of rotatable bonds is 1. The zero-order valence-electron chi connectivity index (χ0n) is 15.6. The van der Waals surface area contributed by atoms with Gasteiger partial charge in [0.2, 0.25) is 0 Å². The van der Waals surface area contributed by atoms with E-state index in [4.69, 9.17) is 9.94 Å². The summed E-state index contributed by atoms with van der Waals surface area (Å²) < 4.78 is 6.54. The van der Waals surface area contributed by atoms with Crippen LogP contribution in [0.2, 0.25) is 0 Å². The molecular formula is C23H29NO2. The lowest BCUT2D eigenvalue weighted by atomic mass is 9.49. The minimum atomic E-state index is 0.0509. The summed E-state index contributed by atoms with van der Waals surface area (Å²) in [5.41, 5.74) is 2.66. The van der Waals surface area contributed by atoms with Crippen LogP contribution >= 0.6 is 0 Å². The van der Waals surface area contributed by atoms with E-state index in [9.17, 15) is 0 Å². The first-order valence-electron chi connectivity index (χ1n) is 10.7. The average molecular weight is 351 g/mol. The Balaban J connectivity index is 1.42. The average Bonchev–Trinajstić information content (AvgIpc) is 3.26. The molecular weight excluding hydrogens is 322 g/mol. The molecule has 0 bridgehead atoms. The van der Waals surface area contributed by atoms with Gasteiger partial charge in [-0.15, -0.1) is 0 Å². The lowest BCUT2D eigenvalue weighted by molar-refractivity contribution is -0.132. The zero-order valence-corrected chi connectivity index (χ0v) is 15.6. The van der Waals surface area contributed by atoms with Crippen LogP contribution in [0.15, 0.2) is 41.1 Å². The third kappa shape index (κ3) is 1.67. The van der Waals surface area contributed by atoms with Gasteiger partial charge in [-0.05, 0) is 85.7 Å². The lowest BCUT2D eigenvalue weighted by Crippen LogP contribution is -2.55. The fraction of sp³-hybridized carbons (Fsp3) is 0.696. The maximum Gasteiger partial charge on any atom is 0.0957 e. The molecule has 8 atom stereocenters. The van der Waals surface area contributed by atoms with E-state index < -0.39 is 0 Å². The van der Waals surface area contributed by atoms with Gasteiger partial charge in [0.1, 0.15) is 0 Å². The van der Waals surface area contributed by atoms with E-state index in [2.05, 4.69) is 42.5 Å². The Labute approximate surface area is 155 Å². The Morgan fingerprint density at radius 1 is 1.31 bits per heavy atom. The van der Waals surface area contributed by atoms with Crippen LogP contribution in [-0.4, -0.2) is 23.1 Å². The topological polar surface area (TPSA) is 41.8 Å². The van der Waals surface area contributed by atoms with Crippen LogP contribution in [0.3, 0.4) is 0 Å². The quantitative estimate of drug-likeness (QED) is 0.421. The minimum absolute atomic E-state index is 0.0509. The molecule has 1 spiro atoms. The zero-order chi connectivity index (χ0) is 17.5. The predicted octanol–water partition coefficient (Wildman–Crippen LogP) is 4.74. The Morgan fingerprint density at radius 2 is 2.23 bits per heavy atom. The summed E-state index contributed by atoms with van der Waals surface area (Å²) in [7, 11) is 0. The molecule has 1 N–H and O–H groups in total. The molecule has 0 amide bonds. The molecule has 0 saturated heterocycles. The second-order valence-corrected chi connectivity index (χ2v) is 9.57. The molecule has 138 valence electrons. The van der Waals surface area contributed by atoms with Crippen LogP contribution in [0, 0.1) is 40.9 Å². The molecule has 5 unspecified atom stereocenters. The molecule has 6 aliphatic rings. The highest BCUT2D eigenvalue weighted by Gasteiger charge is 2.77. The molecule has 1 heterocycles. The van der Waals surface area contributed by atoms with Gasteiger partial charge >= 0.3 is 0 Å². The van der Waals surface area contributed by atoms with Crippen molar-refractivity contribution in [3.8, 4) is 0 Å². The first kappa shape index (κ1) is 15.7. The molecule has 0 aromatic rings. The van der Waals surface area contributed by atoms with Gasteiger partial charge in [-0.25, -0.2) is 0 Å². The molecule has 5 aliphatic carbocycles. The molecule has 0 aromatic carbocycles. The third-order valence-electron chi connectivity index (χ3n) is 9.14. The van der Waals surface area contributed by atoms with Crippen LogP contribution in [-0.2, 0) is 4.74 Å². The maximum absolute atomic E-state index is 9.16. The summed E-state index contributed by atoms with van der Waals surface area (Å²) in [4.78, 5) is 0. The van der Waals surface area contributed by atoms with Crippen molar-refractivity contribution >= 4 is 5.71 Å². The van der Waals surface area contributed by atoms with Crippen LogP contribution in [0.1, 0.15) is 45.4 Å². The number of ether oxygens (including phenoxy) is 1. The summed E-state index contributed by atoms with van der Waals surface area (Å²) in [6.07, 6.45) is 19.2. The fourth-order valence-corrected chi connectivity index (χ4v) is 8.24. The molecule has 3 nitrogen and oxygen atoms in total. The Hall–Kier alpha value is -1.35. The molecule has 6 rings (SSSR count).